The van der Waals surface area contributed by atoms with E-state index in [9.17, 15) is 9.70 Å². The third kappa shape index (κ3) is 5.14. The minimum absolute atomic E-state index is 0.0410. The predicted molar refractivity (Wildman–Crippen MR) is 132 cm³/mol. The number of nitroso groups, excluding NO2 is 1. The Bertz CT molecular complexity index is 845. The van der Waals surface area contributed by atoms with E-state index in [-0.39, 0.29) is 30.2 Å². The van der Waals surface area contributed by atoms with Crippen LogP contribution in [0.2, 0.25) is 0 Å². The second-order valence-corrected chi connectivity index (χ2v) is 10.7. The number of piperidine rings is 1. The number of hydrogen-bond donors (Lipinski definition) is 4. The van der Waals surface area contributed by atoms with Gasteiger partial charge in [0, 0.05) is 24.9 Å². The van der Waals surface area contributed by atoms with Crippen LogP contribution in [0, 0.1) is 16.7 Å². The zero-order chi connectivity index (χ0) is 23.5. The van der Waals surface area contributed by atoms with Crippen molar-refractivity contribution in [1.82, 2.24) is 26.3 Å². The molecule has 186 valence electrons. The Hall–Kier alpha value is -2.03. The first-order valence-corrected chi connectivity index (χ1v) is 13.4. The highest BCUT2D eigenvalue weighted by Crippen LogP contribution is 2.37. The number of amides is 1. The van der Waals surface area contributed by atoms with Gasteiger partial charge < -0.3 is 10.6 Å². The van der Waals surface area contributed by atoms with E-state index in [0.717, 1.165) is 51.9 Å². The van der Waals surface area contributed by atoms with Crippen molar-refractivity contribution in [2.75, 3.05) is 26.2 Å². The molecule has 3 heterocycles. The summed E-state index contributed by atoms with van der Waals surface area (Å²) in [6.45, 7) is 5.70. The highest BCUT2D eigenvalue weighted by molar-refractivity contribution is 5.75. The lowest BCUT2D eigenvalue weighted by molar-refractivity contribution is -0.715. The number of fused-ring (bicyclic) bond motifs is 1. The Morgan fingerprint density at radius 3 is 2.76 bits per heavy atom. The molecule has 34 heavy (non-hydrogen) atoms. The SMILES string of the molecule is CCC(=O)NC1CCC2NC(c3ccccc3)NC(C3CCN(CC4CCCNC4)[N+]3=O)C2C1. The maximum Gasteiger partial charge on any atom is 0.251 e. The molecule has 4 fully saturated rings. The predicted octanol–water partition coefficient (Wildman–Crippen LogP) is 2.08. The molecule has 1 saturated carbocycles. The van der Waals surface area contributed by atoms with Gasteiger partial charge in [0.05, 0.1) is 30.2 Å². The van der Waals surface area contributed by atoms with Crippen LogP contribution in [0.25, 0.3) is 0 Å². The average Bonchev–Trinajstić information content (AvgIpc) is 3.24. The summed E-state index contributed by atoms with van der Waals surface area (Å²) in [6, 6.07) is 11.1. The summed E-state index contributed by atoms with van der Waals surface area (Å²) in [5.74, 6) is 0.990. The van der Waals surface area contributed by atoms with E-state index in [4.69, 9.17) is 0 Å². The lowest BCUT2D eigenvalue weighted by Crippen LogP contribution is -2.66. The number of carbonyl (C=O) groups is 1. The van der Waals surface area contributed by atoms with Gasteiger partial charge in [-0.3, -0.25) is 15.4 Å². The molecule has 1 aromatic rings. The van der Waals surface area contributed by atoms with E-state index in [0.29, 0.717) is 24.3 Å². The maximum absolute atomic E-state index is 13.6. The van der Waals surface area contributed by atoms with Crippen molar-refractivity contribution in [1.29, 1.82) is 0 Å². The Labute approximate surface area is 203 Å². The van der Waals surface area contributed by atoms with Gasteiger partial charge in [-0.05, 0) is 62.6 Å². The van der Waals surface area contributed by atoms with Gasteiger partial charge >= 0.3 is 0 Å². The molecule has 1 aromatic carbocycles. The fourth-order valence-corrected chi connectivity index (χ4v) is 6.65. The normalized spacial score (nSPS) is 36.2. The van der Waals surface area contributed by atoms with E-state index >= 15 is 0 Å². The molecule has 7 atom stereocenters. The maximum atomic E-state index is 13.6. The van der Waals surface area contributed by atoms with Crippen molar-refractivity contribution in [2.45, 2.75) is 82.2 Å². The Kier molecular flexibility index (Phi) is 7.46. The van der Waals surface area contributed by atoms with Crippen molar-refractivity contribution in [2.24, 2.45) is 11.8 Å². The minimum Gasteiger partial charge on any atom is -0.353 e. The molecule has 1 aliphatic carbocycles. The van der Waals surface area contributed by atoms with E-state index in [1.165, 1.54) is 23.3 Å². The van der Waals surface area contributed by atoms with Crippen LogP contribution in [0.3, 0.4) is 0 Å². The first-order valence-electron chi connectivity index (χ1n) is 13.4. The first kappa shape index (κ1) is 23.7. The first-order chi connectivity index (χ1) is 16.6. The molecule has 0 aromatic heterocycles. The molecule has 1 amide bonds. The zero-order valence-corrected chi connectivity index (χ0v) is 20.4. The van der Waals surface area contributed by atoms with Crippen LogP contribution in [0.5, 0.6) is 0 Å². The van der Waals surface area contributed by atoms with Gasteiger partial charge in [0.1, 0.15) is 4.87 Å². The van der Waals surface area contributed by atoms with Crippen LogP contribution < -0.4 is 21.3 Å². The smallest absolute Gasteiger partial charge is 0.251 e. The molecule has 4 aliphatic rings. The number of nitrogens with one attached hydrogen (secondary N) is 4. The van der Waals surface area contributed by atoms with Gasteiger partial charge in [0.2, 0.25) is 5.91 Å². The lowest BCUT2D eigenvalue weighted by atomic mass is 9.73. The molecule has 0 spiro atoms. The summed E-state index contributed by atoms with van der Waals surface area (Å²) in [5.41, 5.74) is 1.22. The van der Waals surface area contributed by atoms with Gasteiger partial charge in [-0.25, -0.2) is 0 Å². The van der Waals surface area contributed by atoms with Crippen molar-refractivity contribution in [3.8, 4) is 0 Å². The van der Waals surface area contributed by atoms with Crippen LogP contribution in [0.15, 0.2) is 30.3 Å². The van der Waals surface area contributed by atoms with Gasteiger partial charge in [0.15, 0.2) is 0 Å². The standard InChI is InChI=1S/C26H40N6O2/c1-2-24(33)28-20-10-11-22-21(15-20)25(30-26(29-22)19-8-4-3-5-9-19)23-12-14-31(32(23)34)17-18-7-6-13-27-16-18/h3-5,8-9,18,20-23,25-27,29-30H,2,6-7,10-17H2,1H3/p+1. The summed E-state index contributed by atoms with van der Waals surface area (Å²) in [5, 5.41) is 16.4. The number of nitrogens with zero attached hydrogens (tertiary/aromatic N) is 2. The summed E-state index contributed by atoms with van der Waals surface area (Å²) >= 11 is 0. The summed E-state index contributed by atoms with van der Waals surface area (Å²) in [6.07, 6.45) is 6.76. The summed E-state index contributed by atoms with van der Waals surface area (Å²) < 4.78 is 0. The molecular formula is C26H41N6O2+. The largest absolute Gasteiger partial charge is 0.353 e. The van der Waals surface area contributed by atoms with Crippen LogP contribution in [0.4, 0.5) is 0 Å². The van der Waals surface area contributed by atoms with Crippen LogP contribution >= 0.6 is 0 Å². The van der Waals surface area contributed by atoms with Crippen LogP contribution in [-0.4, -0.2) is 66.1 Å². The number of benzene rings is 1. The van der Waals surface area contributed by atoms with Crippen molar-refractivity contribution >= 4 is 5.91 Å². The molecule has 4 N–H and O–H groups in total. The van der Waals surface area contributed by atoms with E-state index < -0.39 is 0 Å². The number of carbonyl (C=O) groups excluding carboxylic acids is 1. The van der Waals surface area contributed by atoms with Crippen molar-refractivity contribution < 1.29 is 9.66 Å². The monoisotopic (exact) mass is 469 g/mol. The Balaban J connectivity index is 1.33. The van der Waals surface area contributed by atoms with Gasteiger partial charge in [-0.2, -0.15) is 0 Å². The zero-order valence-electron chi connectivity index (χ0n) is 20.4. The molecule has 0 bridgehead atoms. The second kappa shape index (κ2) is 10.7. The molecule has 0 radical (unpaired) electrons. The van der Waals surface area contributed by atoms with Gasteiger partial charge in [0.25, 0.3) is 6.04 Å². The molecule has 7 unspecified atom stereocenters. The highest BCUT2D eigenvalue weighted by Gasteiger charge is 2.53. The second-order valence-electron chi connectivity index (χ2n) is 10.7. The minimum atomic E-state index is -0.0713. The summed E-state index contributed by atoms with van der Waals surface area (Å²) in [4.78, 5) is 27.0. The van der Waals surface area contributed by atoms with Crippen molar-refractivity contribution in [3.63, 3.8) is 0 Å². The third-order valence-corrected chi connectivity index (χ3v) is 8.45. The molecule has 3 aliphatic heterocycles. The fraction of sp³-hybridized carbons (Fsp3) is 0.731. The third-order valence-electron chi connectivity index (χ3n) is 8.45. The highest BCUT2D eigenvalue weighted by atomic mass is 16.3. The van der Waals surface area contributed by atoms with Crippen molar-refractivity contribution in [3.05, 3.63) is 40.8 Å². The van der Waals surface area contributed by atoms with E-state index in [1.807, 2.05) is 13.0 Å². The van der Waals surface area contributed by atoms with E-state index in [1.54, 1.807) is 0 Å². The fourth-order valence-electron chi connectivity index (χ4n) is 6.65. The number of rotatable bonds is 6. The topological polar surface area (TPSA) is 88.5 Å². The summed E-state index contributed by atoms with van der Waals surface area (Å²) in [7, 11) is 0. The number of hydrazine groups is 1. The van der Waals surface area contributed by atoms with Gasteiger partial charge in [-0.15, -0.1) is 5.01 Å². The molecular weight excluding hydrogens is 428 g/mol. The molecule has 5 rings (SSSR count). The quantitative estimate of drug-likeness (QED) is 0.477. The Morgan fingerprint density at radius 2 is 2.00 bits per heavy atom. The number of hydrogen-bond acceptors (Lipinski definition) is 5. The Morgan fingerprint density at radius 1 is 1.15 bits per heavy atom. The molecule has 8 nitrogen and oxygen atoms in total. The van der Waals surface area contributed by atoms with Crippen LogP contribution in [-0.2, 0) is 4.79 Å². The molecule has 3 saturated heterocycles. The van der Waals surface area contributed by atoms with Crippen LogP contribution in [0.1, 0.15) is 63.6 Å². The van der Waals surface area contributed by atoms with E-state index in [2.05, 4.69) is 50.5 Å². The molecule has 8 heteroatoms. The average molecular weight is 470 g/mol. The van der Waals surface area contributed by atoms with Gasteiger partial charge in [-0.1, -0.05) is 37.3 Å². The lowest BCUT2D eigenvalue weighted by Gasteiger charge is -2.48.